The van der Waals surface area contributed by atoms with E-state index in [2.05, 4.69) is 5.32 Å². The summed E-state index contributed by atoms with van der Waals surface area (Å²) in [6.07, 6.45) is 0. The maximum Gasteiger partial charge on any atom is 0.329 e. The van der Waals surface area contributed by atoms with Crippen molar-refractivity contribution in [3.8, 4) is 23.0 Å². The highest BCUT2D eigenvalue weighted by atomic mass is 16.7. The van der Waals surface area contributed by atoms with Crippen LogP contribution in [0.4, 0.5) is 0 Å². The Bertz CT molecular complexity index is 1440. The van der Waals surface area contributed by atoms with Crippen molar-refractivity contribution in [2.75, 3.05) is 20.2 Å². The first-order chi connectivity index (χ1) is 20.1. The van der Waals surface area contributed by atoms with Gasteiger partial charge in [0.05, 0.1) is 12.5 Å². The summed E-state index contributed by atoms with van der Waals surface area (Å²) >= 11 is 0. The summed E-state index contributed by atoms with van der Waals surface area (Å²) in [4.78, 5) is 27.9. The van der Waals surface area contributed by atoms with E-state index < -0.39 is 23.8 Å². The first-order valence-electron chi connectivity index (χ1n) is 13.5. The Hall–Kier alpha value is -4.98. The van der Waals surface area contributed by atoms with Crippen molar-refractivity contribution in [1.82, 2.24) is 5.32 Å². The Labute approximate surface area is 237 Å². The molecule has 0 aromatic heterocycles. The molecule has 4 aromatic rings. The number of fused-ring (bicyclic) bond motifs is 2. The number of ether oxygens (including phenoxy) is 5. The third kappa shape index (κ3) is 5.41. The fourth-order valence-electron chi connectivity index (χ4n) is 5.32. The molecule has 0 aliphatic carbocycles. The SMILES string of the molecule is CCOC(=O)C(NC(=O)C(c1ccccc1)c1ccccc1)C(c1ccc2c(c1)OCO2)c1ccc2c(c1)OCO2. The summed E-state index contributed by atoms with van der Waals surface area (Å²) in [6, 6.07) is 28.9. The Balaban J connectivity index is 1.44. The molecule has 0 bridgehead atoms. The number of carbonyl (C=O) groups is 2. The van der Waals surface area contributed by atoms with Gasteiger partial charge in [-0.3, -0.25) is 4.79 Å². The summed E-state index contributed by atoms with van der Waals surface area (Å²) in [5, 5.41) is 3.07. The number of amides is 1. The van der Waals surface area contributed by atoms with Crippen LogP contribution in [-0.4, -0.2) is 38.1 Å². The molecule has 4 aromatic carbocycles. The van der Waals surface area contributed by atoms with Crippen molar-refractivity contribution in [2.45, 2.75) is 24.8 Å². The molecule has 8 nitrogen and oxygen atoms in total. The van der Waals surface area contributed by atoms with E-state index in [-0.39, 0.29) is 26.1 Å². The maximum absolute atomic E-state index is 14.2. The molecular weight excluding hydrogens is 522 g/mol. The zero-order valence-electron chi connectivity index (χ0n) is 22.4. The number of carbonyl (C=O) groups excluding carboxylic acids is 2. The summed E-state index contributed by atoms with van der Waals surface area (Å²) in [6.45, 7) is 2.12. The minimum Gasteiger partial charge on any atom is -0.464 e. The van der Waals surface area contributed by atoms with Crippen molar-refractivity contribution in [1.29, 1.82) is 0 Å². The molecule has 0 saturated carbocycles. The van der Waals surface area contributed by atoms with Gasteiger partial charge >= 0.3 is 5.97 Å². The number of hydrogen-bond donors (Lipinski definition) is 1. The highest BCUT2D eigenvalue weighted by Crippen LogP contribution is 2.41. The third-order valence-electron chi connectivity index (χ3n) is 7.21. The van der Waals surface area contributed by atoms with Crippen LogP contribution in [-0.2, 0) is 14.3 Å². The summed E-state index contributed by atoms with van der Waals surface area (Å²) in [5.74, 6) is 0.180. The molecule has 1 unspecified atom stereocenters. The van der Waals surface area contributed by atoms with Crippen molar-refractivity contribution in [3.05, 3.63) is 119 Å². The summed E-state index contributed by atoms with van der Waals surface area (Å²) in [7, 11) is 0. The van der Waals surface area contributed by atoms with Gasteiger partial charge in [-0.15, -0.1) is 0 Å². The van der Waals surface area contributed by atoms with Crippen LogP contribution in [0.2, 0.25) is 0 Å². The van der Waals surface area contributed by atoms with Gasteiger partial charge in [0.1, 0.15) is 6.04 Å². The Morgan fingerprint density at radius 3 is 1.66 bits per heavy atom. The molecule has 2 aliphatic rings. The predicted octanol–water partition coefficient (Wildman–Crippen LogP) is 5.16. The minimum atomic E-state index is -1.07. The summed E-state index contributed by atoms with van der Waals surface area (Å²) in [5.41, 5.74) is 3.09. The quantitative estimate of drug-likeness (QED) is 0.288. The Morgan fingerprint density at radius 2 is 1.17 bits per heavy atom. The monoisotopic (exact) mass is 551 g/mol. The second kappa shape index (κ2) is 11.6. The molecule has 6 rings (SSSR count). The molecule has 0 fully saturated rings. The van der Waals surface area contributed by atoms with Crippen LogP contribution < -0.4 is 24.3 Å². The second-order valence-electron chi connectivity index (χ2n) is 9.70. The van der Waals surface area contributed by atoms with Gasteiger partial charge in [0, 0.05) is 5.92 Å². The van der Waals surface area contributed by atoms with Crippen LogP contribution in [0.5, 0.6) is 23.0 Å². The van der Waals surface area contributed by atoms with Gasteiger partial charge in [-0.2, -0.15) is 0 Å². The topological polar surface area (TPSA) is 92.3 Å². The third-order valence-corrected chi connectivity index (χ3v) is 7.21. The largest absolute Gasteiger partial charge is 0.464 e. The van der Waals surface area contributed by atoms with E-state index in [1.54, 1.807) is 19.1 Å². The van der Waals surface area contributed by atoms with Crippen molar-refractivity contribution >= 4 is 11.9 Å². The van der Waals surface area contributed by atoms with Gasteiger partial charge < -0.3 is 29.0 Å². The van der Waals surface area contributed by atoms with Crippen LogP contribution in [0.1, 0.15) is 41.0 Å². The molecule has 0 spiro atoms. The molecule has 1 amide bonds. The fraction of sp³-hybridized carbons (Fsp3) is 0.212. The lowest BCUT2D eigenvalue weighted by Crippen LogP contribution is -2.48. The first-order valence-corrected chi connectivity index (χ1v) is 13.5. The Kier molecular flexibility index (Phi) is 7.45. The molecule has 1 N–H and O–H groups in total. The average Bonchev–Trinajstić information content (AvgIpc) is 3.67. The van der Waals surface area contributed by atoms with Crippen LogP contribution in [0.25, 0.3) is 0 Å². The van der Waals surface area contributed by atoms with Crippen molar-refractivity contribution in [3.63, 3.8) is 0 Å². The zero-order chi connectivity index (χ0) is 28.2. The van der Waals surface area contributed by atoms with Crippen molar-refractivity contribution < 1.29 is 33.3 Å². The molecule has 1 atom stereocenters. The standard InChI is InChI=1S/C33H29NO7/c1-2-37-33(36)31(34-32(35)30(21-9-5-3-6-10-21)22-11-7-4-8-12-22)29(23-13-15-25-27(17-23)40-19-38-25)24-14-16-26-28(18-24)41-20-39-26/h3-18,29-31H,2,19-20H2,1H3,(H,34,35). The summed E-state index contributed by atoms with van der Waals surface area (Å²) < 4.78 is 27.9. The van der Waals surface area contributed by atoms with Crippen molar-refractivity contribution in [2.24, 2.45) is 0 Å². The number of nitrogens with one attached hydrogen (secondary N) is 1. The lowest BCUT2D eigenvalue weighted by Gasteiger charge is -2.29. The Morgan fingerprint density at radius 1 is 0.683 bits per heavy atom. The fourth-order valence-corrected chi connectivity index (χ4v) is 5.32. The van der Waals surface area contributed by atoms with Crippen LogP contribution in [0.3, 0.4) is 0 Å². The first kappa shape index (κ1) is 26.3. The van der Waals surface area contributed by atoms with Gasteiger partial charge in [0.15, 0.2) is 23.0 Å². The predicted molar refractivity (Wildman–Crippen MR) is 150 cm³/mol. The second-order valence-corrected chi connectivity index (χ2v) is 9.70. The number of hydrogen-bond acceptors (Lipinski definition) is 7. The van der Waals surface area contributed by atoms with E-state index in [9.17, 15) is 9.59 Å². The zero-order valence-corrected chi connectivity index (χ0v) is 22.4. The molecule has 2 aliphatic heterocycles. The molecule has 41 heavy (non-hydrogen) atoms. The number of rotatable bonds is 9. The highest BCUT2D eigenvalue weighted by molar-refractivity contribution is 5.92. The van der Waals surface area contributed by atoms with Crippen LogP contribution in [0.15, 0.2) is 97.1 Å². The van der Waals surface area contributed by atoms with Gasteiger partial charge in [-0.1, -0.05) is 72.8 Å². The minimum absolute atomic E-state index is 0.112. The molecule has 0 saturated heterocycles. The maximum atomic E-state index is 14.2. The van der Waals surface area contributed by atoms with Crippen LogP contribution >= 0.6 is 0 Å². The molecule has 0 radical (unpaired) electrons. The average molecular weight is 552 g/mol. The van der Waals surface area contributed by atoms with E-state index >= 15 is 0 Å². The lowest BCUT2D eigenvalue weighted by molar-refractivity contribution is -0.147. The molecule has 208 valence electrons. The van der Waals surface area contributed by atoms with E-state index in [0.717, 1.165) is 22.3 Å². The van der Waals surface area contributed by atoms with E-state index in [4.69, 9.17) is 23.7 Å². The van der Waals surface area contributed by atoms with Gasteiger partial charge in [0.25, 0.3) is 0 Å². The van der Waals surface area contributed by atoms with Gasteiger partial charge in [-0.25, -0.2) is 4.79 Å². The van der Waals surface area contributed by atoms with E-state index in [1.165, 1.54) is 0 Å². The van der Waals surface area contributed by atoms with Gasteiger partial charge in [0.2, 0.25) is 19.5 Å². The molecule has 8 heteroatoms. The molecular formula is C33H29NO7. The molecule has 2 heterocycles. The number of esters is 1. The van der Waals surface area contributed by atoms with Crippen LogP contribution in [0, 0.1) is 0 Å². The highest BCUT2D eigenvalue weighted by Gasteiger charge is 2.37. The smallest absolute Gasteiger partial charge is 0.329 e. The van der Waals surface area contributed by atoms with E-state index in [0.29, 0.717) is 23.0 Å². The normalized spacial score (nSPS) is 13.7. The number of benzene rings is 4. The van der Waals surface area contributed by atoms with Gasteiger partial charge in [-0.05, 0) is 53.4 Å². The van der Waals surface area contributed by atoms with E-state index in [1.807, 2.05) is 84.9 Å². The lowest BCUT2D eigenvalue weighted by atomic mass is 9.83.